The van der Waals surface area contributed by atoms with E-state index in [1.807, 2.05) is 0 Å². The van der Waals surface area contributed by atoms with Crippen LogP contribution < -0.4 is 5.32 Å². The second kappa shape index (κ2) is 3.42. The first-order valence-corrected chi connectivity index (χ1v) is 6.05. The van der Waals surface area contributed by atoms with Gasteiger partial charge in [-0.1, -0.05) is 12.1 Å². The third-order valence-corrected chi connectivity index (χ3v) is 4.24. The average molecular weight is 214 g/mol. The van der Waals surface area contributed by atoms with Crippen molar-refractivity contribution in [3.63, 3.8) is 0 Å². The van der Waals surface area contributed by atoms with Gasteiger partial charge in [-0.25, -0.2) is 0 Å². The van der Waals surface area contributed by atoms with Crippen LogP contribution in [0, 0.1) is 37.0 Å². The first kappa shape index (κ1) is 10.0. The van der Waals surface area contributed by atoms with Crippen molar-refractivity contribution in [3.8, 4) is 0 Å². The van der Waals surface area contributed by atoms with Crippen LogP contribution in [0.3, 0.4) is 0 Å². The Kier molecular flexibility index (Phi) is 2.15. The van der Waals surface area contributed by atoms with Gasteiger partial charge in [0.05, 0.1) is 0 Å². The SMILES string of the molecule is Cc1ccc(C(=N)C2C3CNCC32)cc1C. The minimum atomic E-state index is 0.531. The molecule has 1 aliphatic carbocycles. The Labute approximate surface area is 96.6 Å². The van der Waals surface area contributed by atoms with E-state index >= 15 is 0 Å². The van der Waals surface area contributed by atoms with E-state index in [1.165, 1.54) is 11.1 Å². The van der Waals surface area contributed by atoms with Crippen LogP contribution >= 0.6 is 0 Å². The molecule has 1 heterocycles. The van der Waals surface area contributed by atoms with E-state index in [2.05, 4.69) is 37.4 Å². The van der Waals surface area contributed by atoms with E-state index in [-0.39, 0.29) is 0 Å². The van der Waals surface area contributed by atoms with Gasteiger partial charge in [0.15, 0.2) is 0 Å². The molecule has 1 aliphatic heterocycles. The van der Waals surface area contributed by atoms with E-state index in [0.717, 1.165) is 36.2 Å². The van der Waals surface area contributed by atoms with Crippen LogP contribution in [-0.2, 0) is 0 Å². The van der Waals surface area contributed by atoms with Gasteiger partial charge in [-0.3, -0.25) is 0 Å². The van der Waals surface area contributed by atoms with Gasteiger partial charge in [-0.15, -0.1) is 0 Å². The fourth-order valence-corrected chi connectivity index (χ4v) is 2.95. The molecule has 0 radical (unpaired) electrons. The molecule has 0 amide bonds. The molecule has 0 bridgehead atoms. The fraction of sp³-hybridized carbons (Fsp3) is 0.500. The van der Waals surface area contributed by atoms with Crippen molar-refractivity contribution >= 4 is 5.71 Å². The summed E-state index contributed by atoms with van der Waals surface area (Å²) in [7, 11) is 0. The highest BCUT2D eigenvalue weighted by Gasteiger charge is 2.54. The molecule has 2 atom stereocenters. The molecule has 84 valence electrons. The molecule has 2 unspecified atom stereocenters. The van der Waals surface area contributed by atoms with Gasteiger partial charge in [0.2, 0.25) is 0 Å². The lowest BCUT2D eigenvalue weighted by Gasteiger charge is -2.09. The van der Waals surface area contributed by atoms with Gasteiger partial charge in [0.25, 0.3) is 0 Å². The Morgan fingerprint density at radius 1 is 1.19 bits per heavy atom. The van der Waals surface area contributed by atoms with Gasteiger partial charge in [-0.05, 0) is 61.5 Å². The van der Waals surface area contributed by atoms with E-state index in [9.17, 15) is 0 Å². The number of piperidine rings is 1. The van der Waals surface area contributed by atoms with E-state index < -0.39 is 0 Å². The zero-order chi connectivity index (χ0) is 11.3. The molecule has 2 N–H and O–H groups in total. The van der Waals surface area contributed by atoms with Crippen molar-refractivity contribution in [2.75, 3.05) is 13.1 Å². The van der Waals surface area contributed by atoms with Gasteiger partial charge in [-0.2, -0.15) is 0 Å². The Bertz CT molecular complexity index is 440. The fourth-order valence-electron chi connectivity index (χ4n) is 2.95. The Balaban J connectivity index is 1.82. The predicted octanol–water partition coefficient (Wildman–Crippen LogP) is 2.14. The van der Waals surface area contributed by atoms with Crippen molar-refractivity contribution in [1.82, 2.24) is 5.32 Å². The molecule has 3 rings (SSSR count). The third-order valence-electron chi connectivity index (χ3n) is 4.24. The normalized spacial score (nSPS) is 31.2. The van der Waals surface area contributed by atoms with Gasteiger partial charge in [0, 0.05) is 11.6 Å². The molecule has 2 aliphatic rings. The lowest BCUT2D eigenvalue weighted by atomic mass is 9.99. The molecular formula is C14H18N2. The summed E-state index contributed by atoms with van der Waals surface area (Å²) in [6.45, 7) is 6.48. The van der Waals surface area contributed by atoms with Crippen molar-refractivity contribution in [2.45, 2.75) is 13.8 Å². The second-order valence-electron chi connectivity index (χ2n) is 5.22. The summed E-state index contributed by atoms with van der Waals surface area (Å²) in [4.78, 5) is 0. The van der Waals surface area contributed by atoms with Crippen molar-refractivity contribution < 1.29 is 0 Å². The predicted molar refractivity (Wildman–Crippen MR) is 66.1 cm³/mol. The lowest BCUT2D eigenvalue weighted by Crippen LogP contribution is -2.19. The molecule has 2 nitrogen and oxygen atoms in total. The standard InChI is InChI=1S/C14H18N2/c1-8-3-4-10(5-9(8)2)14(15)13-11-6-16-7-12(11)13/h3-5,11-13,15-16H,6-7H2,1-2H3. The Morgan fingerprint density at radius 3 is 2.50 bits per heavy atom. The lowest BCUT2D eigenvalue weighted by molar-refractivity contribution is 0.684. The largest absolute Gasteiger partial charge is 0.316 e. The zero-order valence-corrected chi connectivity index (χ0v) is 9.88. The number of hydrogen-bond acceptors (Lipinski definition) is 2. The van der Waals surface area contributed by atoms with Crippen LogP contribution in [0.4, 0.5) is 0 Å². The number of nitrogens with one attached hydrogen (secondary N) is 2. The van der Waals surface area contributed by atoms with E-state index in [4.69, 9.17) is 5.41 Å². The minimum absolute atomic E-state index is 0.531. The molecule has 1 saturated carbocycles. The van der Waals surface area contributed by atoms with Crippen molar-refractivity contribution in [3.05, 3.63) is 34.9 Å². The highest BCUT2D eigenvalue weighted by atomic mass is 15.0. The van der Waals surface area contributed by atoms with Crippen LogP contribution in [0.2, 0.25) is 0 Å². The summed E-state index contributed by atoms with van der Waals surface area (Å²) in [5, 5.41) is 11.7. The molecule has 2 heteroatoms. The quantitative estimate of drug-likeness (QED) is 0.727. The van der Waals surface area contributed by atoms with E-state index in [1.54, 1.807) is 0 Å². The summed E-state index contributed by atoms with van der Waals surface area (Å²) >= 11 is 0. The van der Waals surface area contributed by atoms with Gasteiger partial charge >= 0.3 is 0 Å². The summed E-state index contributed by atoms with van der Waals surface area (Å²) in [6.07, 6.45) is 0. The highest BCUT2D eigenvalue weighted by Crippen LogP contribution is 2.50. The second-order valence-corrected chi connectivity index (χ2v) is 5.22. The van der Waals surface area contributed by atoms with Crippen LogP contribution in [0.1, 0.15) is 16.7 Å². The number of fused-ring (bicyclic) bond motifs is 1. The molecule has 1 aromatic rings. The van der Waals surface area contributed by atoms with Crippen LogP contribution in [0.15, 0.2) is 18.2 Å². The molecule has 1 aromatic carbocycles. The zero-order valence-electron chi connectivity index (χ0n) is 9.88. The van der Waals surface area contributed by atoms with Gasteiger partial charge in [0.1, 0.15) is 0 Å². The third kappa shape index (κ3) is 1.40. The number of benzene rings is 1. The highest BCUT2D eigenvalue weighted by molar-refractivity contribution is 6.02. The first-order valence-electron chi connectivity index (χ1n) is 6.05. The monoisotopic (exact) mass is 214 g/mol. The Hall–Kier alpha value is -1.15. The average Bonchev–Trinajstić information content (AvgIpc) is 2.74. The number of hydrogen-bond donors (Lipinski definition) is 2. The van der Waals surface area contributed by atoms with E-state index in [0.29, 0.717) is 5.92 Å². The van der Waals surface area contributed by atoms with Crippen LogP contribution in [0.25, 0.3) is 0 Å². The van der Waals surface area contributed by atoms with Gasteiger partial charge < -0.3 is 10.7 Å². The molecule has 16 heavy (non-hydrogen) atoms. The molecule has 0 aromatic heterocycles. The summed E-state index contributed by atoms with van der Waals surface area (Å²) < 4.78 is 0. The summed E-state index contributed by atoms with van der Waals surface area (Å²) in [6, 6.07) is 6.40. The van der Waals surface area contributed by atoms with Crippen LogP contribution in [-0.4, -0.2) is 18.8 Å². The molecule has 0 spiro atoms. The van der Waals surface area contributed by atoms with Crippen molar-refractivity contribution in [1.29, 1.82) is 5.41 Å². The summed E-state index contributed by atoms with van der Waals surface area (Å²) in [5.74, 6) is 2.02. The molecule has 1 saturated heterocycles. The molecule has 2 fully saturated rings. The minimum Gasteiger partial charge on any atom is -0.316 e. The topological polar surface area (TPSA) is 35.9 Å². The number of rotatable bonds is 2. The van der Waals surface area contributed by atoms with Crippen molar-refractivity contribution in [2.24, 2.45) is 17.8 Å². The first-order chi connectivity index (χ1) is 7.68. The summed E-state index contributed by atoms with van der Waals surface area (Å²) in [5.41, 5.74) is 4.60. The van der Waals surface area contributed by atoms with Crippen LogP contribution in [0.5, 0.6) is 0 Å². The Morgan fingerprint density at radius 2 is 1.88 bits per heavy atom. The number of aryl methyl sites for hydroxylation is 2. The smallest absolute Gasteiger partial charge is 0.0423 e. The molecular weight excluding hydrogens is 196 g/mol. The maximum absolute atomic E-state index is 8.28. The maximum atomic E-state index is 8.28. The maximum Gasteiger partial charge on any atom is 0.0423 e.